The third-order valence-electron chi connectivity index (χ3n) is 2.18. The molecule has 0 aliphatic rings. The van der Waals surface area contributed by atoms with E-state index in [0.717, 1.165) is 0 Å². The van der Waals surface area contributed by atoms with Crippen LogP contribution in [0, 0.1) is 0 Å². The number of aromatic nitrogens is 6. The Hall–Kier alpha value is -1.77. The second kappa shape index (κ2) is 5.47. The van der Waals surface area contributed by atoms with Crippen LogP contribution in [0.15, 0.2) is 4.60 Å². The maximum absolute atomic E-state index is 5.51. The predicted octanol–water partition coefficient (Wildman–Crippen LogP) is 1.26. The Labute approximate surface area is 118 Å². The van der Waals surface area contributed by atoms with Crippen LogP contribution in [-0.2, 0) is 7.05 Å². The summed E-state index contributed by atoms with van der Waals surface area (Å²) in [5, 5.41) is 10.7. The van der Waals surface area contributed by atoms with Gasteiger partial charge in [-0.25, -0.2) is 4.68 Å². The van der Waals surface area contributed by atoms with Gasteiger partial charge in [0.2, 0.25) is 5.95 Å². The summed E-state index contributed by atoms with van der Waals surface area (Å²) in [5.41, 5.74) is 0.660. The van der Waals surface area contributed by atoms with Gasteiger partial charge < -0.3 is 10.1 Å². The molecule has 0 bridgehead atoms. The highest BCUT2D eigenvalue weighted by Gasteiger charge is 2.17. The predicted molar refractivity (Wildman–Crippen MR) is 72.8 cm³/mol. The molecule has 0 aromatic carbocycles. The molecule has 1 N–H and O–H groups in total. The number of rotatable bonds is 4. The van der Waals surface area contributed by atoms with Gasteiger partial charge in [-0.3, -0.25) is 0 Å². The third kappa shape index (κ3) is 2.98. The summed E-state index contributed by atoms with van der Waals surface area (Å²) < 4.78 is 7.66. The van der Waals surface area contributed by atoms with Crippen molar-refractivity contribution in [3.8, 4) is 17.5 Å². The molecular formula is C10H14BrN7O. The number of ether oxygens (including phenoxy) is 1. The van der Waals surface area contributed by atoms with Crippen LogP contribution in [0.4, 0.5) is 5.95 Å². The Kier molecular flexibility index (Phi) is 3.93. The number of hydrogen-bond donors (Lipinski definition) is 1. The highest BCUT2D eigenvalue weighted by molar-refractivity contribution is 9.10. The lowest BCUT2D eigenvalue weighted by Gasteiger charge is -2.10. The lowest BCUT2D eigenvalue weighted by atomic mass is 10.4. The monoisotopic (exact) mass is 327 g/mol. The van der Waals surface area contributed by atoms with Crippen LogP contribution in [0.3, 0.4) is 0 Å². The normalized spacial score (nSPS) is 10.8. The summed E-state index contributed by atoms with van der Waals surface area (Å²) >= 11 is 3.32. The summed E-state index contributed by atoms with van der Waals surface area (Å²) in [5.74, 6) is 0.864. The summed E-state index contributed by atoms with van der Waals surface area (Å²) in [7, 11) is 3.49. The Morgan fingerprint density at radius 1 is 1.26 bits per heavy atom. The minimum Gasteiger partial charge on any atom is -0.461 e. The first kappa shape index (κ1) is 13.7. The molecule has 0 aliphatic heterocycles. The van der Waals surface area contributed by atoms with E-state index in [1.165, 1.54) is 0 Å². The molecule has 2 heterocycles. The van der Waals surface area contributed by atoms with Gasteiger partial charge in [-0.05, 0) is 29.8 Å². The largest absolute Gasteiger partial charge is 0.461 e. The maximum atomic E-state index is 5.51. The summed E-state index contributed by atoms with van der Waals surface area (Å²) in [6, 6.07) is 0.262. The molecular weight excluding hydrogens is 314 g/mol. The zero-order chi connectivity index (χ0) is 14.0. The number of aryl methyl sites for hydroxylation is 1. The van der Waals surface area contributed by atoms with Crippen molar-refractivity contribution in [2.75, 3.05) is 12.4 Å². The molecule has 0 atom stereocenters. The van der Waals surface area contributed by atoms with E-state index in [1.807, 2.05) is 13.8 Å². The molecule has 0 radical (unpaired) electrons. The van der Waals surface area contributed by atoms with Gasteiger partial charge in [0.15, 0.2) is 10.4 Å². The van der Waals surface area contributed by atoms with E-state index in [1.54, 1.807) is 18.8 Å². The lowest BCUT2D eigenvalue weighted by Crippen LogP contribution is -2.11. The fourth-order valence-electron chi connectivity index (χ4n) is 1.41. The Bertz CT molecular complexity index is 564. The molecule has 2 aromatic rings. The highest BCUT2D eigenvalue weighted by atomic mass is 79.9. The summed E-state index contributed by atoms with van der Waals surface area (Å²) in [6.07, 6.45) is -0.0203. The number of nitrogens with zero attached hydrogens (tertiary/aromatic N) is 6. The summed E-state index contributed by atoms with van der Waals surface area (Å²) in [4.78, 5) is 12.7. The number of nitrogens with one attached hydrogen (secondary N) is 1. The quantitative estimate of drug-likeness (QED) is 0.903. The van der Waals surface area contributed by atoms with Gasteiger partial charge in [0.05, 0.1) is 6.10 Å². The first-order valence-electron chi connectivity index (χ1n) is 5.67. The second-order valence-electron chi connectivity index (χ2n) is 4.03. The van der Waals surface area contributed by atoms with Crippen LogP contribution in [0.1, 0.15) is 13.8 Å². The van der Waals surface area contributed by atoms with E-state index in [-0.39, 0.29) is 12.1 Å². The molecule has 9 heteroatoms. The third-order valence-corrected chi connectivity index (χ3v) is 2.71. The van der Waals surface area contributed by atoms with Gasteiger partial charge in [-0.1, -0.05) is 5.21 Å². The molecule has 0 spiro atoms. The van der Waals surface area contributed by atoms with E-state index < -0.39 is 0 Å². The van der Waals surface area contributed by atoms with E-state index in [2.05, 4.69) is 46.5 Å². The summed E-state index contributed by atoms with van der Waals surface area (Å²) in [6.45, 7) is 3.81. The zero-order valence-electron chi connectivity index (χ0n) is 11.0. The molecule has 0 saturated heterocycles. The van der Waals surface area contributed by atoms with Crippen LogP contribution >= 0.6 is 15.9 Å². The van der Waals surface area contributed by atoms with E-state index in [9.17, 15) is 0 Å². The molecule has 0 amide bonds. The van der Waals surface area contributed by atoms with Gasteiger partial charge in [0.25, 0.3) is 0 Å². The van der Waals surface area contributed by atoms with Crippen molar-refractivity contribution in [1.29, 1.82) is 0 Å². The lowest BCUT2D eigenvalue weighted by molar-refractivity contribution is 0.222. The Balaban J connectivity index is 2.51. The Morgan fingerprint density at radius 2 is 2.00 bits per heavy atom. The van der Waals surface area contributed by atoms with Crippen molar-refractivity contribution in [2.45, 2.75) is 20.0 Å². The fraction of sp³-hybridized carbons (Fsp3) is 0.500. The minimum absolute atomic E-state index is 0.0203. The molecule has 0 saturated carbocycles. The highest BCUT2D eigenvalue weighted by Crippen LogP contribution is 2.24. The zero-order valence-corrected chi connectivity index (χ0v) is 12.6. The van der Waals surface area contributed by atoms with Crippen LogP contribution in [0.25, 0.3) is 11.5 Å². The smallest absolute Gasteiger partial charge is 0.322 e. The average molecular weight is 328 g/mol. The van der Waals surface area contributed by atoms with Crippen LogP contribution in [0.5, 0.6) is 6.01 Å². The van der Waals surface area contributed by atoms with Gasteiger partial charge in [0, 0.05) is 14.1 Å². The van der Waals surface area contributed by atoms with Gasteiger partial charge >= 0.3 is 6.01 Å². The van der Waals surface area contributed by atoms with Crippen molar-refractivity contribution in [2.24, 2.45) is 7.05 Å². The van der Waals surface area contributed by atoms with E-state index in [4.69, 9.17) is 4.74 Å². The van der Waals surface area contributed by atoms with Crippen LogP contribution < -0.4 is 10.1 Å². The average Bonchev–Trinajstić information content (AvgIpc) is 2.67. The number of halogens is 1. The van der Waals surface area contributed by atoms with Crippen molar-refractivity contribution in [1.82, 2.24) is 29.9 Å². The standard InChI is InChI=1S/C10H14BrN7O/c1-5(2)19-10-14-8(13-9(12-3)15-10)6-7(11)16-17-18(6)4/h5H,1-4H3,(H,12,13,14,15). The van der Waals surface area contributed by atoms with E-state index >= 15 is 0 Å². The molecule has 0 unspecified atom stereocenters. The molecule has 102 valence electrons. The molecule has 2 rings (SSSR count). The van der Waals surface area contributed by atoms with Crippen molar-refractivity contribution in [3.05, 3.63) is 4.60 Å². The Morgan fingerprint density at radius 3 is 2.53 bits per heavy atom. The SMILES string of the molecule is CNc1nc(OC(C)C)nc(-c2c(Br)nnn2C)n1. The second-order valence-corrected chi connectivity index (χ2v) is 4.79. The van der Waals surface area contributed by atoms with Crippen molar-refractivity contribution in [3.63, 3.8) is 0 Å². The van der Waals surface area contributed by atoms with Crippen molar-refractivity contribution >= 4 is 21.9 Å². The minimum atomic E-state index is -0.0203. The maximum Gasteiger partial charge on any atom is 0.322 e. The first-order chi connectivity index (χ1) is 9.01. The molecule has 2 aromatic heterocycles. The fourth-order valence-corrected chi connectivity index (χ4v) is 1.91. The molecule has 0 fully saturated rings. The number of anilines is 1. The van der Waals surface area contributed by atoms with Crippen molar-refractivity contribution < 1.29 is 4.74 Å². The van der Waals surface area contributed by atoms with E-state index in [0.29, 0.717) is 22.1 Å². The van der Waals surface area contributed by atoms with Gasteiger partial charge in [-0.15, -0.1) is 5.10 Å². The van der Waals surface area contributed by atoms with Crippen LogP contribution in [0.2, 0.25) is 0 Å². The molecule has 0 aliphatic carbocycles. The number of hydrogen-bond acceptors (Lipinski definition) is 7. The first-order valence-corrected chi connectivity index (χ1v) is 6.46. The van der Waals surface area contributed by atoms with Gasteiger partial charge in [0.1, 0.15) is 5.69 Å². The van der Waals surface area contributed by atoms with Gasteiger partial charge in [-0.2, -0.15) is 15.0 Å². The van der Waals surface area contributed by atoms with Crippen LogP contribution in [-0.4, -0.2) is 43.1 Å². The topological polar surface area (TPSA) is 90.6 Å². The molecule has 19 heavy (non-hydrogen) atoms. The molecule has 8 nitrogen and oxygen atoms in total.